The summed E-state index contributed by atoms with van der Waals surface area (Å²) in [7, 11) is 0. The normalized spacial score (nSPS) is 11.2. The molecule has 23 heavy (non-hydrogen) atoms. The first kappa shape index (κ1) is 13.4. The molecule has 1 amide bonds. The SMILES string of the molecule is NC(=O)c1ccc2[nH]c3ncnc(-c4ccc(F)cc4)c3c2c1. The fraction of sp³-hybridized carbons (Fsp3) is 0. The van der Waals surface area contributed by atoms with Crippen molar-refractivity contribution in [3.63, 3.8) is 0 Å². The van der Waals surface area contributed by atoms with Crippen molar-refractivity contribution in [2.75, 3.05) is 0 Å². The minimum Gasteiger partial charge on any atom is -0.366 e. The molecule has 112 valence electrons. The molecule has 6 heteroatoms. The summed E-state index contributed by atoms with van der Waals surface area (Å²) >= 11 is 0. The fourth-order valence-electron chi connectivity index (χ4n) is 2.70. The van der Waals surface area contributed by atoms with Crippen molar-refractivity contribution < 1.29 is 9.18 Å². The van der Waals surface area contributed by atoms with E-state index >= 15 is 0 Å². The Morgan fingerprint density at radius 1 is 1.09 bits per heavy atom. The molecule has 0 aliphatic heterocycles. The maximum absolute atomic E-state index is 13.2. The Kier molecular flexibility index (Phi) is 2.84. The lowest BCUT2D eigenvalue weighted by molar-refractivity contribution is 0.100. The molecule has 0 atom stereocenters. The van der Waals surface area contributed by atoms with Gasteiger partial charge in [0.2, 0.25) is 5.91 Å². The number of fused-ring (bicyclic) bond motifs is 3. The van der Waals surface area contributed by atoms with Crippen LogP contribution in [-0.4, -0.2) is 20.9 Å². The Bertz CT molecular complexity index is 1050. The minimum absolute atomic E-state index is 0.311. The molecule has 5 nitrogen and oxygen atoms in total. The predicted molar refractivity (Wildman–Crippen MR) is 85.3 cm³/mol. The van der Waals surface area contributed by atoms with Gasteiger partial charge in [0.05, 0.1) is 11.1 Å². The van der Waals surface area contributed by atoms with Crippen molar-refractivity contribution in [2.45, 2.75) is 0 Å². The van der Waals surface area contributed by atoms with Gasteiger partial charge in [-0.15, -0.1) is 0 Å². The highest BCUT2D eigenvalue weighted by Gasteiger charge is 2.14. The number of primary amides is 1. The summed E-state index contributed by atoms with van der Waals surface area (Å²) < 4.78 is 13.2. The van der Waals surface area contributed by atoms with Crippen LogP contribution in [0.3, 0.4) is 0 Å². The zero-order valence-electron chi connectivity index (χ0n) is 11.9. The monoisotopic (exact) mass is 306 g/mol. The Morgan fingerprint density at radius 3 is 2.61 bits per heavy atom. The molecule has 0 spiro atoms. The molecule has 0 bridgehead atoms. The van der Waals surface area contributed by atoms with E-state index in [-0.39, 0.29) is 5.82 Å². The van der Waals surface area contributed by atoms with Crippen molar-refractivity contribution >= 4 is 27.8 Å². The van der Waals surface area contributed by atoms with Crippen LogP contribution >= 0.6 is 0 Å². The maximum atomic E-state index is 13.2. The minimum atomic E-state index is -0.499. The third kappa shape index (κ3) is 2.12. The van der Waals surface area contributed by atoms with Gasteiger partial charge in [-0.3, -0.25) is 4.79 Å². The lowest BCUT2D eigenvalue weighted by Gasteiger charge is -2.03. The molecule has 0 aliphatic rings. The summed E-state index contributed by atoms with van der Waals surface area (Å²) in [4.78, 5) is 23.2. The van der Waals surface area contributed by atoms with Crippen molar-refractivity contribution in [3.05, 3.63) is 60.2 Å². The zero-order chi connectivity index (χ0) is 16.0. The van der Waals surface area contributed by atoms with E-state index in [1.807, 2.05) is 0 Å². The van der Waals surface area contributed by atoms with E-state index in [1.54, 1.807) is 30.3 Å². The highest BCUT2D eigenvalue weighted by molar-refractivity contribution is 6.13. The summed E-state index contributed by atoms with van der Waals surface area (Å²) in [6, 6.07) is 11.2. The highest BCUT2D eigenvalue weighted by atomic mass is 19.1. The number of hydrogen-bond acceptors (Lipinski definition) is 3. The molecular weight excluding hydrogens is 295 g/mol. The first-order chi connectivity index (χ1) is 11.1. The average Bonchev–Trinajstić information content (AvgIpc) is 2.93. The number of H-pyrrole nitrogens is 1. The fourth-order valence-corrected chi connectivity index (χ4v) is 2.70. The Balaban J connectivity index is 2.08. The van der Waals surface area contributed by atoms with E-state index in [9.17, 15) is 9.18 Å². The van der Waals surface area contributed by atoms with Crippen LogP contribution in [0.15, 0.2) is 48.8 Å². The smallest absolute Gasteiger partial charge is 0.248 e. The number of carbonyl (C=O) groups excluding carboxylic acids is 1. The molecule has 0 fully saturated rings. The number of hydrogen-bond donors (Lipinski definition) is 2. The second kappa shape index (κ2) is 4.88. The number of aromatic amines is 1. The summed E-state index contributed by atoms with van der Waals surface area (Å²) in [6.45, 7) is 0. The van der Waals surface area contributed by atoms with Crippen molar-refractivity contribution in [2.24, 2.45) is 5.73 Å². The molecule has 0 unspecified atom stereocenters. The standard InChI is InChI=1S/C17H11FN4O/c18-11-4-1-9(2-5-11)15-14-12-7-10(16(19)23)3-6-13(12)22-17(14)21-8-20-15/h1-8H,(H2,19,23)(H,20,21,22). The number of halogens is 1. The van der Waals surface area contributed by atoms with Gasteiger partial charge in [0.1, 0.15) is 17.8 Å². The molecular formula is C17H11FN4O. The van der Waals surface area contributed by atoms with Crippen LogP contribution in [0, 0.1) is 5.82 Å². The third-order valence-corrected chi connectivity index (χ3v) is 3.79. The summed E-state index contributed by atoms with van der Waals surface area (Å²) in [5.74, 6) is -0.810. The van der Waals surface area contributed by atoms with Crippen molar-refractivity contribution in [1.82, 2.24) is 15.0 Å². The van der Waals surface area contributed by atoms with E-state index in [0.717, 1.165) is 21.9 Å². The molecule has 2 aromatic heterocycles. The van der Waals surface area contributed by atoms with E-state index in [1.165, 1.54) is 18.5 Å². The van der Waals surface area contributed by atoms with E-state index in [0.29, 0.717) is 16.9 Å². The van der Waals surface area contributed by atoms with Crippen LogP contribution in [0.5, 0.6) is 0 Å². The molecule has 4 aromatic rings. The van der Waals surface area contributed by atoms with Gasteiger partial charge in [-0.2, -0.15) is 0 Å². The largest absolute Gasteiger partial charge is 0.366 e. The highest BCUT2D eigenvalue weighted by Crippen LogP contribution is 2.32. The number of aromatic nitrogens is 3. The lowest BCUT2D eigenvalue weighted by Crippen LogP contribution is -2.10. The number of nitrogens with two attached hydrogens (primary N) is 1. The maximum Gasteiger partial charge on any atom is 0.248 e. The number of amides is 1. The predicted octanol–water partition coefficient (Wildman–Crippen LogP) is 3.02. The van der Waals surface area contributed by atoms with Gasteiger partial charge >= 0.3 is 0 Å². The molecule has 4 rings (SSSR count). The lowest BCUT2D eigenvalue weighted by atomic mass is 10.0. The van der Waals surface area contributed by atoms with E-state index in [2.05, 4.69) is 15.0 Å². The number of nitrogens with zero attached hydrogens (tertiary/aromatic N) is 2. The Morgan fingerprint density at radius 2 is 1.87 bits per heavy atom. The number of rotatable bonds is 2. The molecule has 0 aliphatic carbocycles. The quantitative estimate of drug-likeness (QED) is 0.597. The van der Waals surface area contributed by atoms with E-state index in [4.69, 9.17) is 5.73 Å². The van der Waals surface area contributed by atoms with Crippen LogP contribution in [0.1, 0.15) is 10.4 Å². The number of benzene rings is 2. The molecule has 0 saturated heterocycles. The summed E-state index contributed by atoms with van der Waals surface area (Å²) in [5.41, 5.74) is 8.68. The third-order valence-electron chi connectivity index (χ3n) is 3.79. The van der Waals surface area contributed by atoms with Crippen molar-refractivity contribution in [3.8, 4) is 11.3 Å². The number of carbonyl (C=O) groups is 1. The summed E-state index contributed by atoms with van der Waals surface area (Å²) in [5, 5.41) is 1.58. The average molecular weight is 306 g/mol. The van der Waals surface area contributed by atoms with Crippen LogP contribution in [0.2, 0.25) is 0 Å². The van der Waals surface area contributed by atoms with E-state index < -0.39 is 5.91 Å². The van der Waals surface area contributed by atoms with Gasteiger partial charge in [0, 0.05) is 22.0 Å². The number of nitrogens with one attached hydrogen (secondary N) is 1. The zero-order valence-corrected chi connectivity index (χ0v) is 11.9. The second-order valence-electron chi connectivity index (χ2n) is 5.20. The molecule has 3 N–H and O–H groups in total. The van der Waals surface area contributed by atoms with Gasteiger partial charge in [-0.25, -0.2) is 14.4 Å². The van der Waals surface area contributed by atoms with Crippen LogP contribution in [0.25, 0.3) is 33.2 Å². The Hall–Kier alpha value is -3.28. The topological polar surface area (TPSA) is 84.7 Å². The second-order valence-corrected chi connectivity index (χ2v) is 5.20. The van der Waals surface area contributed by atoms with Gasteiger partial charge in [0.15, 0.2) is 0 Å². The van der Waals surface area contributed by atoms with Gasteiger partial charge in [-0.05, 0) is 42.5 Å². The molecule has 2 aromatic carbocycles. The first-order valence-corrected chi connectivity index (χ1v) is 6.95. The van der Waals surface area contributed by atoms with Gasteiger partial charge in [0.25, 0.3) is 0 Å². The molecule has 0 saturated carbocycles. The van der Waals surface area contributed by atoms with Crippen LogP contribution in [-0.2, 0) is 0 Å². The van der Waals surface area contributed by atoms with Gasteiger partial charge in [-0.1, -0.05) is 0 Å². The summed E-state index contributed by atoms with van der Waals surface area (Å²) in [6.07, 6.45) is 1.45. The molecule has 0 radical (unpaired) electrons. The Labute approximate surface area is 130 Å². The van der Waals surface area contributed by atoms with Crippen LogP contribution < -0.4 is 5.73 Å². The van der Waals surface area contributed by atoms with Crippen LogP contribution in [0.4, 0.5) is 4.39 Å². The van der Waals surface area contributed by atoms with Gasteiger partial charge < -0.3 is 10.7 Å². The van der Waals surface area contributed by atoms with Crippen molar-refractivity contribution in [1.29, 1.82) is 0 Å². The first-order valence-electron chi connectivity index (χ1n) is 6.95. The molecule has 2 heterocycles.